The molecule has 2 aromatic rings. The second kappa shape index (κ2) is 13.7. The van der Waals surface area contributed by atoms with Crippen LogP contribution in [0.4, 0.5) is 11.4 Å². The molecule has 0 N–H and O–H groups in total. The normalized spacial score (nSPS) is 10.6. The van der Waals surface area contributed by atoms with Gasteiger partial charge in [-0.3, -0.25) is 29.8 Å². The van der Waals surface area contributed by atoms with Crippen molar-refractivity contribution < 1.29 is 28.9 Å². The topological polar surface area (TPSA) is 139 Å². The van der Waals surface area contributed by atoms with Gasteiger partial charge in [0.25, 0.3) is 11.4 Å². The molecule has 0 saturated carbocycles. The van der Waals surface area contributed by atoms with E-state index in [-0.39, 0.29) is 31.0 Å². The highest BCUT2D eigenvalue weighted by Gasteiger charge is 2.29. The van der Waals surface area contributed by atoms with Crippen LogP contribution in [0.25, 0.3) is 0 Å². The molecule has 2 rings (SSSR count). The van der Waals surface area contributed by atoms with E-state index in [1.54, 1.807) is 0 Å². The molecule has 0 aliphatic rings. The molecule has 10 nitrogen and oxygen atoms in total. The molecular weight excluding hydrogens is 444 g/mol. The monoisotopic (exact) mass is 472 g/mol. The number of esters is 2. The van der Waals surface area contributed by atoms with E-state index in [0.717, 1.165) is 25.7 Å². The Balaban J connectivity index is 1.97. The number of rotatable bonds is 14. The van der Waals surface area contributed by atoms with Crippen LogP contribution in [0.1, 0.15) is 56.6 Å². The third-order valence-electron chi connectivity index (χ3n) is 5.22. The first-order valence-corrected chi connectivity index (χ1v) is 11.1. The largest absolute Gasteiger partial charge is 0.460 e. The van der Waals surface area contributed by atoms with Crippen molar-refractivity contribution in [3.8, 4) is 0 Å². The minimum Gasteiger partial charge on any atom is -0.460 e. The van der Waals surface area contributed by atoms with Gasteiger partial charge in [0.2, 0.25) is 0 Å². The van der Waals surface area contributed by atoms with Crippen molar-refractivity contribution in [3.63, 3.8) is 0 Å². The molecule has 0 radical (unpaired) electrons. The number of unbranched alkanes of at least 4 members (excludes halogenated alkanes) is 4. The molecule has 0 heterocycles. The average molecular weight is 472 g/mol. The summed E-state index contributed by atoms with van der Waals surface area (Å²) in [6, 6.07) is 11.2. The summed E-state index contributed by atoms with van der Waals surface area (Å²) in [6.07, 6.45) is 4.94. The number of carbonyl (C=O) groups is 2. The fraction of sp³-hybridized carbons (Fsp3) is 0.417. The maximum Gasteiger partial charge on any atom is 0.320 e. The minimum absolute atomic E-state index is 0.0742. The van der Waals surface area contributed by atoms with Crippen molar-refractivity contribution in [2.75, 3.05) is 0 Å². The van der Waals surface area contributed by atoms with Crippen LogP contribution in [-0.4, -0.2) is 21.8 Å². The Morgan fingerprint density at radius 3 is 1.53 bits per heavy atom. The van der Waals surface area contributed by atoms with E-state index in [1.165, 1.54) is 48.5 Å². The molecule has 0 spiro atoms. The van der Waals surface area contributed by atoms with E-state index in [9.17, 15) is 29.8 Å². The number of hydrogen-bond donors (Lipinski definition) is 0. The predicted octanol–water partition coefficient (Wildman–Crippen LogP) is 5.27. The van der Waals surface area contributed by atoms with Crippen LogP contribution in [0, 0.1) is 26.1 Å². The van der Waals surface area contributed by atoms with Gasteiger partial charge in [-0.2, -0.15) is 0 Å². The first kappa shape index (κ1) is 26.4. The van der Waals surface area contributed by atoms with Crippen molar-refractivity contribution >= 4 is 23.3 Å². The molecule has 34 heavy (non-hydrogen) atoms. The third kappa shape index (κ3) is 8.61. The van der Waals surface area contributed by atoms with Crippen LogP contribution in [0.15, 0.2) is 48.5 Å². The Bertz CT molecular complexity index is 900. The third-order valence-corrected chi connectivity index (χ3v) is 5.22. The molecule has 2 aromatic carbocycles. The summed E-state index contributed by atoms with van der Waals surface area (Å²) in [5.74, 6) is -2.54. The molecule has 0 aliphatic carbocycles. The van der Waals surface area contributed by atoms with Crippen LogP contribution in [0.3, 0.4) is 0 Å². The van der Waals surface area contributed by atoms with Gasteiger partial charge >= 0.3 is 11.9 Å². The summed E-state index contributed by atoms with van der Waals surface area (Å²) in [6.45, 7) is 1.84. The maximum absolute atomic E-state index is 12.7. The second-order valence-corrected chi connectivity index (χ2v) is 7.82. The SMILES string of the molecule is CCCCCCCC(C(=O)OCc1ccc([N+](=O)[O-])cc1)C(=O)OCc1ccc([N+](=O)[O-])cc1. The Morgan fingerprint density at radius 2 is 1.15 bits per heavy atom. The molecule has 0 fully saturated rings. The van der Waals surface area contributed by atoms with Crippen LogP contribution in [0.2, 0.25) is 0 Å². The Morgan fingerprint density at radius 1 is 0.735 bits per heavy atom. The van der Waals surface area contributed by atoms with Crippen LogP contribution in [-0.2, 0) is 32.3 Å². The quantitative estimate of drug-likeness (QED) is 0.119. The first-order valence-electron chi connectivity index (χ1n) is 11.1. The first-order chi connectivity index (χ1) is 16.3. The Labute approximate surface area is 197 Å². The van der Waals surface area contributed by atoms with Gasteiger partial charge in [-0.15, -0.1) is 0 Å². The predicted molar refractivity (Wildman–Crippen MR) is 123 cm³/mol. The molecule has 0 amide bonds. The number of non-ortho nitro benzene ring substituents is 2. The van der Waals surface area contributed by atoms with E-state index in [4.69, 9.17) is 9.47 Å². The van der Waals surface area contributed by atoms with Crippen molar-refractivity contribution in [2.24, 2.45) is 5.92 Å². The van der Waals surface area contributed by atoms with Gasteiger partial charge in [0.05, 0.1) is 9.85 Å². The highest BCUT2D eigenvalue weighted by molar-refractivity contribution is 5.94. The van der Waals surface area contributed by atoms with E-state index >= 15 is 0 Å². The number of nitrogens with zero attached hydrogens (tertiary/aromatic N) is 2. The van der Waals surface area contributed by atoms with Crippen molar-refractivity contribution in [1.29, 1.82) is 0 Å². The van der Waals surface area contributed by atoms with Gasteiger partial charge in [-0.1, -0.05) is 39.0 Å². The maximum atomic E-state index is 12.7. The zero-order valence-corrected chi connectivity index (χ0v) is 19.0. The molecule has 0 aliphatic heterocycles. The number of carbonyl (C=O) groups excluding carboxylic acids is 2. The summed E-state index contributed by atoms with van der Waals surface area (Å²) in [7, 11) is 0. The lowest BCUT2D eigenvalue weighted by molar-refractivity contribution is -0.385. The summed E-state index contributed by atoms with van der Waals surface area (Å²) >= 11 is 0. The molecule has 0 aromatic heterocycles. The van der Waals surface area contributed by atoms with E-state index in [1.807, 2.05) is 0 Å². The van der Waals surface area contributed by atoms with Gasteiger partial charge in [-0.05, 0) is 41.8 Å². The van der Waals surface area contributed by atoms with Crippen molar-refractivity contribution in [3.05, 3.63) is 79.9 Å². The standard InChI is InChI=1S/C24H28N2O8/c1-2-3-4-5-6-7-22(23(27)33-16-18-8-12-20(13-9-18)25(29)30)24(28)34-17-19-10-14-21(15-11-19)26(31)32/h8-15,22H,2-7,16-17H2,1H3. The van der Waals surface area contributed by atoms with Gasteiger partial charge in [-0.25, -0.2) is 0 Å². The molecule has 0 unspecified atom stereocenters. The number of ether oxygens (including phenoxy) is 2. The van der Waals surface area contributed by atoms with Gasteiger partial charge in [0, 0.05) is 24.3 Å². The number of hydrogen-bond acceptors (Lipinski definition) is 8. The summed E-state index contributed by atoms with van der Waals surface area (Å²) in [4.78, 5) is 45.8. The second-order valence-electron chi connectivity index (χ2n) is 7.82. The molecule has 10 heteroatoms. The van der Waals surface area contributed by atoms with Crippen molar-refractivity contribution in [2.45, 2.75) is 58.7 Å². The Kier molecular flexibility index (Phi) is 10.6. The van der Waals surface area contributed by atoms with Crippen LogP contribution < -0.4 is 0 Å². The summed E-state index contributed by atoms with van der Waals surface area (Å²) < 4.78 is 10.6. The van der Waals surface area contributed by atoms with Crippen molar-refractivity contribution in [1.82, 2.24) is 0 Å². The number of nitro benzene ring substituents is 2. The minimum atomic E-state index is -1.10. The lowest BCUT2D eigenvalue weighted by Crippen LogP contribution is -2.28. The van der Waals surface area contributed by atoms with E-state index in [2.05, 4.69) is 6.92 Å². The number of nitro groups is 2. The fourth-order valence-corrected chi connectivity index (χ4v) is 3.22. The van der Waals surface area contributed by atoms with Gasteiger partial charge in [0.15, 0.2) is 5.92 Å². The molecule has 0 atom stereocenters. The van der Waals surface area contributed by atoms with Crippen LogP contribution in [0.5, 0.6) is 0 Å². The Hall–Kier alpha value is -3.82. The lowest BCUT2D eigenvalue weighted by Gasteiger charge is -2.15. The van der Waals surface area contributed by atoms with Gasteiger partial charge in [0.1, 0.15) is 13.2 Å². The lowest BCUT2D eigenvalue weighted by atomic mass is 10.0. The average Bonchev–Trinajstić information content (AvgIpc) is 2.83. The van der Waals surface area contributed by atoms with Crippen LogP contribution >= 0.6 is 0 Å². The highest BCUT2D eigenvalue weighted by atomic mass is 16.6. The zero-order valence-electron chi connectivity index (χ0n) is 19.0. The molecule has 0 saturated heterocycles. The fourth-order valence-electron chi connectivity index (χ4n) is 3.22. The van der Waals surface area contributed by atoms with Gasteiger partial charge < -0.3 is 9.47 Å². The molecular formula is C24H28N2O8. The number of benzene rings is 2. The van der Waals surface area contributed by atoms with E-state index in [0.29, 0.717) is 17.5 Å². The van der Waals surface area contributed by atoms with E-state index < -0.39 is 27.7 Å². The molecule has 0 bridgehead atoms. The summed E-state index contributed by atoms with van der Waals surface area (Å²) in [5.41, 5.74) is 0.962. The zero-order chi connectivity index (χ0) is 24.9. The molecule has 182 valence electrons. The summed E-state index contributed by atoms with van der Waals surface area (Å²) in [5, 5.41) is 21.5. The smallest absolute Gasteiger partial charge is 0.320 e. The highest BCUT2D eigenvalue weighted by Crippen LogP contribution is 2.19.